The molecule has 0 spiro atoms. The van der Waals surface area contributed by atoms with E-state index in [1.807, 2.05) is 4.90 Å². The average Bonchev–Trinajstić information content (AvgIpc) is 3.00. The van der Waals surface area contributed by atoms with E-state index in [9.17, 15) is 18.0 Å². The molecule has 8 nitrogen and oxygen atoms in total. The smallest absolute Gasteiger partial charge is 0.285 e. The monoisotopic (exact) mass is 426 g/mol. The Morgan fingerprint density at radius 1 is 0.967 bits per heavy atom. The number of hydrogen-bond donors (Lipinski definition) is 2. The Morgan fingerprint density at radius 2 is 1.57 bits per heavy atom. The van der Waals surface area contributed by atoms with Crippen LogP contribution in [0.1, 0.15) is 25.3 Å². The van der Waals surface area contributed by atoms with Crippen LogP contribution in [0.25, 0.3) is 0 Å². The summed E-state index contributed by atoms with van der Waals surface area (Å²) in [6, 6.07) is 13.8. The molecule has 2 aromatic rings. The van der Waals surface area contributed by atoms with Gasteiger partial charge in [0.1, 0.15) is 4.90 Å². The van der Waals surface area contributed by atoms with Gasteiger partial charge in [0.15, 0.2) is 5.84 Å². The van der Waals surface area contributed by atoms with Crippen LogP contribution in [-0.2, 0) is 19.6 Å². The largest absolute Gasteiger partial charge is 0.355 e. The van der Waals surface area contributed by atoms with E-state index < -0.39 is 10.0 Å². The molecule has 0 aliphatic carbocycles. The minimum absolute atomic E-state index is 0.0664. The van der Waals surface area contributed by atoms with Crippen LogP contribution in [0.5, 0.6) is 0 Å². The second kappa shape index (κ2) is 7.91. The third kappa shape index (κ3) is 4.06. The van der Waals surface area contributed by atoms with Crippen LogP contribution in [0.2, 0.25) is 0 Å². The number of rotatable bonds is 3. The minimum Gasteiger partial charge on any atom is -0.355 e. The van der Waals surface area contributed by atoms with Gasteiger partial charge in [-0.3, -0.25) is 9.59 Å². The van der Waals surface area contributed by atoms with Crippen molar-refractivity contribution in [3.8, 4) is 0 Å². The molecule has 0 atom stereocenters. The van der Waals surface area contributed by atoms with E-state index in [0.29, 0.717) is 48.7 Å². The number of nitrogens with one attached hydrogen (secondary N) is 2. The normalized spacial score (nSPS) is 17.8. The van der Waals surface area contributed by atoms with Gasteiger partial charge in [-0.15, -0.1) is 4.40 Å². The lowest BCUT2D eigenvalue weighted by atomic mass is 9.95. The standard InChI is InChI=1S/C21H22N4O4S/c1-14(26)22-16-6-8-17(9-7-16)23-21(27)15-10-12-25(13-11-15)20-18-4-2-3-5-19(18)30(28,29)24-20/h2-9,15H,10-13H2,1H3,(H,22,26)(H,23,27). The molecule has 30 heavy (non-hydrogen) atoms. The Morgan fingerprint density at radius 3 is 2.20 bits per heavy atom. The third-order valence-electron chi connectivity index (χ3n) is 5.25. The highest BCUT2D eigenvalue weighted by atomic mass is 32.2. The molecule has 2 aliphatic heterocycles. The van der Waals surface area contributed by atoms with Crippen LogP contribution in [0.3, 0.4) is 0 Å². The van der Waals surface area contributed by atoms with E-state index >= 15 is 0 Å². The molecule has 156 valence electrons. The molecule has 0 aromatic heterocycles. The molecule has 0 radical (unpaired) electrons. The molecule has 1 fully saturated rings. The number of piperidine rings is 1. The van der Waals surface area contributed by atoms with Crippen molar-refractivity contribution in [1.82, 2.24) is 4.90 Å². The molecular formula is C21H22N4O4S. The second-order valence-electron chi connectivity index (χ2n) is 7.40. The fraction of sp³-hybridized carbons (Fsp3) is 0.286. The molecule has 9 heteroatoms. The number of likely N-dealkylation sites (tertiary alicyclic amines) is 1. The highest BCUT2D eigenvalue weighted by molar-refractivity contribution is 7.90. The quantitative estimate of drug-likeness (QED) is 0.784. The van der Waals surface area contributed by atoms with Gasteiger partial charge in [0.2, 0.25) is 11.8 Å². The maximum Gasteiger partial charge on any atom is 0.285 e. The maximum absolute atomic E-state index is 12.6. The van der Waals surface area contributed by atoms with E-state index in [2.05, 4.69) is 15.0 Å². The fourth-order valence-electron chi connectivity index (χ4n) is 3.75. The van der Waals surface area contributed by atoms with Crippen molar-refractivity contribution in [2.45, 2.75) is 24.7 Å². The van der Waals surface area contributed by atoms with Crippen molar-refractivity contribution in [1.29, 1.82) is 0 Å². The van der Waals surface area contributed by atoms with Gasteiger partial charge in [-0.25, -0.2) is 0 Å². The summed E-state index contributed by atoms with van der Waals surface area (Å²) in [6.07, 6.45) is 1.22. The van der Waals surface area contributed by atoms with Crippen molar-refractivity contribution in [2.24, 2.45) is 10.3 Å². The minimum atomic E-state index is -3.65. The van der Waals surface area contributed by atoms with E-state index in [1.54, 1.807) is 48.5 Å². The Kier molecular flexibility index (Phi) is 5.29. The van der Waals surface area contributed by atoms with Crippen LogP contribution < -0.4 is 10.6 Å². The molecule has 2 N–H and O–H groups in total. The molecule has 2 aromatic carbocycles. The third-order valence-corrected chi connectivity index (χ3v) is 6.58. The Hall–Kier alpha value is -3.20. The predicted molar refractivity (Wildman–Crippen MR) is 114 cm³/mol. The molecule has 1 saturated heterocycles. The number of hydrogen-bond acceptors (Lipinski definition) is 5. The zero-order chi connectivity index (χ0) is 21.3. The van der Waals surface area contributed by atoms with Crippen molar-refractivity contribution < 1.29 is 18.0 Å². The predicted octanol–water partition coefficient (Wildman–Crippen LogP) is 2.44. The summed E-state index contributed by atoms with van der Waals surface area (Å²) in [5, 5.41) is 5.59. The van der Waals surface area contributed by atoms with Gasteiger partial charge in [0, 0.05) is 42.9 Å². The molecular weight excluding hydrogens is 404 g/mol. The first kappa shape index (κ1) is 20.1. The van der Waals surface area contributed by atoms with E-state index in [-0.39, 0.29) is 22.6 Å². The number of sulfonamides is 1. The van der Waals surface area contributed by atoms with Crippen molar-refractivity contribution in [2.75, 3.05) is 23.7 Å². The zero-order valence-corrected chi connectivity index (χ0v) is 17.3. The van der Waals surface area contributed by atoms with Gasteiger partial charge < -0.3 is 15.5 Å². The van der Waals surface area contributed by atoms with Gasteiger partial charge >= 0.3 is 0 Å². The summed E-state index contributed by atoms with van der Waals surface area (Å²) in [5.41, 5.74) is 1.96. The number of nitrogens with zero attached hydrogens (tertiary/aromatic N) is 2. The van der Waals surface area contributed by atoms with Gasteiger partial charge in [-0.1, -0.05) is 12.1 Å². The van der Waals surface area contributed by atoms with Crippen molar-refractivity contribution >= 4 is 39.0 Å². The summed E-state index contributed by atoms with van der Waals surface area (Å²) >= 11 is 0. The lowest BCUT2D eigenvalue weighted by molar-refractivity contribution is -0.121. The molecule has 0 unspecified atom stereocenters. The summed E-state index contributed by atoms with van der Waals surface area (Å²) in [7, 11) is -3.65. The van der Waals surface area contributed by atoms with E-state index in [4.69, 9.17) is 0 Å². The van der Waals surface area contributed by atoms with Crippen LogP contribution in [0, 0.1) is 5.92 Å². The van der Waals surface area contributed by atoms with Crippen molar-refractivity contribution in [3.05, 3.63) is 54.1 Å². The highest BCUT2D eigenvalue weighted by Crippen LogP contribution is 2.30. The zero-order valence-electron chi connectivity index (χ0n) is 16.5. The summed E-state index contributed by atoms with van der Waals surface area (Å²) in [5.74, 6) is 0.0901. The van der Waals surface area contributed by atoms with Gasteiger partial charge in [0.25, 0.3) is 10.0 Å². The Bertz CT molecular complexity index is 1120. The number of benzene rings is 2. The molecule has 2 heterocycles. The van der Waals surface area contributed by atoms with E-state index in [0.717, 1.165) is 0 Å². The summed E-state index contributed by atoms with van der Waals surface area (Å²) in [4.78, 5) is 25.9. The van der Waals surface area contributed by atoms with Crippen molar-refractivity contribution in [3.63, 3.8) is 0 Å². The second-order valence-corrected chi connectivity index (χ2v) is 8.97. The lowest BCUT2D eigenvalue weighted by Crippen LogP contribution is -2.41. The van der Waals surface area contributed by atoms with Crippen LogP contribution in [-0.4, -0.2) is 44.1 Å². The first-order chi connectivity index (χ1) is 14.3. The fourth-order valence-corrected chi connectivity index (χ4v) is 4.98. The molecule has 2 amide bonds. The average molecular weight is 426 g/mol. The molecule has 2 aliphatic rings. The van der Waals surface area contributed by atoms with Crippen LogP contribution in [0.15, 0.2) is 57.8 Å². The number of anilines is 2. The SMILES string of the molecule is CC(=O)Nc1ccc(NC(=O)C2CCN(C3=NS(=O)(=O)c4ccccc43)CC2)cc1. The number of fused-ring (bicyclic) bond motifs is 1. The Balaban J connectivity index is 1.37. The lowest BCUT2D eigenvalue weighted by Gasteiger charge is -2.32. The van der Waals surface area contributed by atoms with E-state index in [1.165, 1.54) is 6.92 Å². The highest BCUT2D eigenvalue weighted by Gasteiger charge is 2.34. The molecule has 0 bridgehead atoms. The molecule has 4 rings (SSSR count). The molecule has 0 saturated carbocycles. The Labute approximate surface area is 175 Å². The van der Waals surface area contributed by atoms with Gasteiger partial charge in [-0.05, 0) is 49.2 Å². The number of carbonyl (C=O) groups is 2. The van der Waals surface area contributed by atoms with Crippen LogP contribution in [0.4, 0.5) is 11.4 Å². The van der Waals surface area contributed by atoms with Gasteiger partial charge in [0.05, 0.1) is 0 Å². The number of amides is 2. The van der Waals surface area contributed by atoms with Gasteiger partial charge in [-0.2, -0.15) is 8.42 Å². The first-order valence-corrected chi connectivity index (χ1v) is 11.2. The number of amidine groups is 1. The summed E-state index contributed by atoms with van der Waals surface area (Å²) < 4.78 is 28.5. The summed E-state index contributed by atoms with van der Waals surface area (Å²) in [6.45, 7) is 2.55. The maximum atomic E-state index is 12.6. The number of carbonyl (C=O) groups excluding carboxylic acids is 2. The van der Waals surface area contributed by atoms with Crippen LogP contribution >= 0.6 is 0 Å². The topological polar surface area (TPSA) is 108 Å². The first-order valence-electron chi connectivity index (χ1n) is 9.71.